The SMILES string of the molecule is CC1CCCC(C)N1Nc1nc2ccccc2o1. The first kappa shape index (κ1) is 11.5. The Morgan fingerprint density at radius 2 is 1.94 bits per heavy atom. The van der Waals surface area contributed by atoms with Gasteiger partial charge in [-0.3, -0.25) is 5.43 Å². The minimum Gasteiger partial charge on any atom is -0.423 e. The first-order valence-corrected chi connectivity index (χ1v) is 6.64. The van der Waals surface area contributed by atoms with Gasteiger partial charge in [-0.2, -0.15) is 4.98 Å². The summed E-state index contributed by atoms with van der Waals surface area (Å²) in [7, 11) is 0. The number of para-hydroxylation sites is 2. The van der Waals surface area contributed by atoms with Gasteiger partial charge in [-0.25, -0.2) is 5.01 Å². The maximum absolute atomic E-state index is 5.70. The minimum absolute atomic E-state index is 0.517. The van der Waals surface area contributed by atoms with Crippen LogP contribution in [0.2, 0.25) is 0 Å². The molecule has 1 fully saturated rings. The summed E-state index contributed by atoms with van der Waals surface area (Å²) >= 11 is 0. The van der Waals surface area contributed by atoms with Gasteiger partial charge < -0.3 is 4.42 Å². The van der Waals surface area contributed by atoms with E-state index in [4.69, 9.17) is 4.42 Å². The van der Waals surface area contributed by atoms with Crippen molar-refractivity contribution in [2.24, 2.45) is 0 Å². The fourth-order valence-electron chi connectivity index (χ4n) is 2.67. The molecular weight excluding hydrogens is 226 g/mol. The molecule has 1 aromatic carbocycles. The lowest BCUT2D eigenvalue weighted by Gasteiger charge is -2.38. The molecule has 18 heavy (non-hydrogen) atoms. The number of hydrazine groups is 1. The van der Waals surface area contributed by atoms with E-state index in [0.29, 0.717) is 18.1 Å². The van der Waals surface area contributed by atoms with E-state index in [-0.39, 0.29) is 0 Å². The molecule has 4 nitrogen and oxygen atoms in total. The summed E-state index contributed by atoms with van der Waals surface area (Å²) in [6.07, 6.45) is 3.74. The van der Waals surface area contributed by atoms with Crippen LogP contribution in [-0.4, -0.2) is 22.1 Å². The Hall–Kier alpha value is -1.55. The topological polar surface area (TPSA) is 41.3 Å². The van der Waals surface area contributed by atoms with E-state index >= 15 is 0 Å². The van der Waals surface area contributed by atoms with Crippen molar-refractivity contribution in [3.63, 3.8) is 0 Å². The highest BCUT2D eigenvalue weighted by molar-refractivity contribution is 5.73. The van der Waals surface area contributed by atoms with Crippen LogP contribution < -0.4 is 5.43 Å². The van der Waals surface area contributed by atoms with Crippen LogP contribution in [0.4, 0.5) is 6.01 Å². The summed E-state index contributed by atoms with van der Waals surface area (Å²) in [6.45, 7) is 4.48. The second-order valence-corrected chi connectivity index (χ2v) is 5.13. The molecule has 0 radical (unpaired) electrons. The maximum Gasteiger partial charge on any atom is 0.310 e. The number of piperidine rings is 1. The Balaban J connectivity index is 1.82. The zero-order chi connectivity index (χ0) is 12.5. The predicted octanol–water partition coefficient (Wildman–Crippen LogP) is 3.42. The summed E-state index contributed by atoms with van der Waals surface area (Å²) in [5.74, 6) is 0. The number of oxazole rings is 1. The van der Waals surface area contributed by atoms with E-state index in [1.165, 1.54) is 19.3 Å². The van der Waals surface area contributed by atoms with Crippen molar-refractivity contribution in [3.05, 3.63) is 24.3 Å². The van der Waals surface area contributed by atoms with Crippen molar-refractivity contribution < 1.29 is 4.42 Å². The molecule has 0 spiro atoms. The van der Waals surface area contributed by atoms with Gasteiger partial charge in [0.05, 0.1) is 0 Å². The van der Waals surface area contributed by atoms with Gasteiger partial charge in [0.2, 0.25) is 0 Å². The summed E-state index contributed by atoms with van der Waals surface area (Å²) in [4.78, 5) is 4.46. The van der Waals surface area contributed by atoms with E-state index in [0.717, 1.165) is 11.1 Å². The Morgan fingerprint density at radius 1 is 1.22 bits per heavy atom. The summed E-state index contributed by atoms with van der Waals surface area (Å²) < 4.78 is 5.70. The van der Waals surface area contributed by atoms with Gasteiger partial charge in [0.25, 0.3) is 0 Å². The van der Waals surface area contributed by atoms with Crippen LogP contribution in [0, 0.1) is 0 Å². The number of anilines is 1. The fourth-order valence-corrected chi connectivity index (χ4v) is 2.67. The molecule has 96 valence electrons. The normalized spacial score (nSPS) is 25.4. The van der Waals surface area contributed by atoms with Crippen molar-refractivity contribution >= 4 is 17.1 Å². The van der Waals surface area contributed by atoms with Crippen LogP contribution in [0.5, 0.6) is 0 Å². The van der Waals surface area contributed by atoms with Crippen LogP contribution in [0.15, 0.2) is 28.7 Å². The summed E-state index contributed by atoms with van der Waals surface area (Å²) in [5.41, 5.74) is 5.06. The molecule has 1 aliphatic heterocycles. The third kappa shape index (κ3) is 2.08. The van der Waals surface area contributed by atoms with Gasteiger partial charge in [-0.1, -0.05) is 18.6 Å². The van der Waals surface area contributed by atoms with Gasteiger partial charge >= 0.3 is 6.01 Å². The Bertz CT molecular complexity index is 494. The highest BCUT2D eigenvalue weighted by Gasteiger charge is 2.25. The Morgan fingerprint density at radius 3 is 2.67 bits per heavy atom. The van der Waals surface area contributed by atoms with Crippen molar-refractivity contribution in [1.29, 1.82) is 0 Å². The first-order valence-electron chi connectivity index (χ1n) is 6.64. The third-order valence-electron chi connectivity index (χ3n) is 3.71. The van der Waals surface area contributed by atoms with Crippen molar-refractivity contribution in [2.75, 3.05) is 5.43 Å². The van der Waals surface area contributed by atoms with E-state index in [2.05, 4.69) is 29.3 Å². The third-order valence-corrected chi connectivity index (χ3v) is 3.71. The lowest BCUT2D eigenvalue weighted by molar-refractivity contribution is 0.131. The minimum atomic E-state index is 0.517. The number of nitrogens with zero attached hydrogens (tertiary/aromatic N) is 2. The average Bonchev–Trinajstić information content (AvgIpc) is 2.76. The number of rotatable bonds is 2. The molecule has 1 aliphatic rings. The molecule has 0 saturated carbocycles. The van der Waals surface area contributed by atoms with E-state index in [1.807, 2.05) is 24.3 Å². The zero-order valence-corrected chi connectivity index (χ0v) is 10.9. The molecule has 2 aromatic rings. The largest absolute Gasteiger partial charge is 0.423 e. The van der Waals surface area contributed by atoms with Gasteiger partial charge in [0.1, 0.15) is 5.52 Å². The molecule has 2 atom stereocenters. The molecule has 3 rings (SSSR count). The van der Waals surface area contributed by atoms with Crippen LogP contribution >= 0.6 is 0 Å². The number of fused-ring (bicyclic) bond motifs is 1. The predicted molar refractivity (Wildman–Crippen MR) is 72.2 cm³/mol. The van der Waals surface area contributed by atoms with E-state index in [1.54, 1.807) is 0 Å². The van der Waals surface area contributed by atoms with Gasteiger partial charge in [-0.05, 0) is 38.8 Å². The van der Waals surface area contributed by atoms with Crippen LogP contribution in [-0.2, 0) is 0 Å². The monoisotopic (exact) mass is 245 g/mol. The lowest BCUT2D eigenvalue weighted by Crippen LogP contribution is -2.47. The van der Waals surface area contributed by atoms with Gasteiger partial charge in [0.15, 0.2) is 5.58 Å². The molecule has 0 amide bonds. The molecule has 2 unspecified atom stereocenters. The lowest BCUT2D eigenvalue weighted by atomic mass is 10.00. The quantitative estimate of drug-likeness (QED) is 0.880. The van der Waals surface area contributed by atoms with Crippen molar-refractivity contribution in [3.8, 4) is 0 Å². The van der Waals surface area contributed by atoms with Crippen LogP contribution in [0.1, 0.15) is 33.1 Å². The van der Waals surface area contributed by atoms with Gasteiger partial charge in [-0.15, -0.1) is 0 Å². The Labute approximate surface area is 107 Å². The number of hydrogen-bond donors (Lipinski definition) is 1. The number of benzene rings is 1. The van der Waals surface area contributed by atoms with E-state index in [9.17, 15) is 0 Å². The molecule has 0 aliphatic carbocycles. The number of nitrogens with one attached hydrogen (secondary N) is 1. The van der Waals surface area contributed by atoms with Crippen molar-refractivity contribution in [2.45, 2.75) is 45.2 Å². The molecule has 2 heterocycles. The number of hydrogen-bond acceptors (Lipinski definition) is 4. The second kappa shape index (κ2) is 4.61. The average molecular weight is 245 g/mol. The highest BCUT2D eigenvalue weighted by Crippen LogP contribution is 2.25. The molecular formula is C14H19N3O. The second-order valence-electron chi connectivity index (χ2n) is 5.13. The standard InChI is InChI=1S/C14H19N3O/c1-10-6-5-7-11(2)17(10)16-14-15-12-8-3-4-9-13(12)18-14/h3-4,8-11H,5-7H2,1-2H3,(H,15,16). The molecule has 1 N–H and O–H groups in total. The maximum atomic E-state index is 5.70. The highest BCUT2D eigenvalue weighted by atomic mass is 16.4. The van der Waals surface area contributed by atoms with Crippen LogP contribution in [0.3, 0.4) is 0 Å². The van der Waals surface area contributed by atoms with Crippen molar-refractivity contribution in [1.82, 2.24) is 9.99 Å². The molecule has 1 aromatic heterocycles. The Kier molecular flexibility index (Phi) is 2.96. The summed E-state index contributed by atoms with van der Waals surface area (Å²) in [6, 6.07) is 9.47. The number of aromatic nitrogens is 1. The molecule has 4 heteroatoms. The summed E-state index contributed by atoms with van der Waals surface area (Å²) in [5, 5.41) is 2.26. The molecule has 0 bridgehead atoms. The van der Waals surface area contributed by atoms with Gasteiger partial charge in [0, 0.05) is 12.1 Å². The smallest absolute Gasteiger partial charge is 0.310 e. The first-order chi connectivity index (χ1) is 8.74. The van der Waals surface area contributed by atoms with Crippen LogP contribution in [0.25, 0.3) is 11.1 Å². The molecule has 1 saturated heterocycles. The fraction of sp³-hybridized carbons (Fsp3) is 0.500. The van der Waals surface area contributed by atoms with E-state index < -0.39 is 0 Å². The zero-order valence-electron chi connectivity index (χ0n) is 10.9.